The quantitative estimate of drug-likeness (QED) is 0.395. The monoisotopic (exact) mass is 424 g/mol. The van der Waals surface area contributed by atoms with Crippen LogP contribution in [0.3, 0.4) is 0 Å². The number of ether oxygens (including phenoxy) is 1. The number of anilines is 1. The number of imidazole rings is 1. The van der Waals surface area contributed by atoms with Gasteiger partial charge in [0, 0.05) is 25.1 Å². The summed E-state index contributed by atoms with van der Waals surface area (Å²) in [6.45, 7) is 5.96. The van der Waals surface area contributed by atoms with Gasteiger partial charge >= 0.3 is 0 Å². The van der Waals surface area contributed by atoms with Gasteiger partial charge in [-0.2, -0.15) is 0 Å². The summed E-state index contributed by atoms with van der Waals surface area (Å²) in [4.78, 5) is 21.8. The van der Waals surface area contributed by atoms with Gasteiger partial charge in [0.15, 0.2) is 10.8 Å². The highest BCUT2D eigenvalue weighted by molar-refractivity contribution is 7.13. The van der Waals surface area contributed by atoms with Gasteiger partial charge in [-0.1, -0.05) is 12.1 Å². The number of amides is 1. The number of rotatable bonds is 9. The number of nitrogens with one attached hydrogen (secondary N) is 1. The van der Waals surface area contributed by atoms with Crippen molar-refractivity contribution in [3.63, 3.8) is 0 Å². The highest BCUT2D eigenvalue weighted by Gasteiger charge is 2.15. The number of hydrogen-bond acceptors (Lipinski definition) is 6. The predicted octanol–water partition coefficient (Wildman–Crippen LogP) is 4.67. The molecule has 0 atom stereocenters. The van der Waals surface area contributed by atoms with Gasteiger partial charge in [0.05, 0.1) is 23.1 Å². The number of para-hydroxylation sites is 2. The molecule has 156 valence electrons. The van der Waals surface area contributed by atoms with Crippen LogP contribution in [0.25, 0.3) is 21.8 Å². The third-order valence-corrected chi connectivity index (χ3v) is 5.53. The molecule has 0 radical (unpaired) electrons. The number of hydrogen-bond donors (Lipinski definition) is 1. The molecule has 0 unspecified atom stereocenters. The number of carbonyl (C=O) groups is 1. The van der Waals surface area contributed by atoms with Crippen molar-refractivity contribution in [2.24, 2.45) is 0 Å². The Morgan fingerprint density at radius 2 is 2.10 bits per heavy atom. The van der Waals surface area contributed by atoms with Crippen molar-refractivity contribution < 1.29 is 13.9 Å². The first-order chi connectivity index (χ1) is 14.6. The number of benzene rings is 1. The Morgan fingerprint density at radius 3 is 2.90 bits per heavy atom. The van der Waals surface area contributed by atoms with E-state index in [-0.39, 0.29) is 12.3 Å². The first-order valence-electron chi connectivity index (χ1n) is 9.98. The fourth-order valence-corrected chi connectivity index (χ4v) is 4.03. The van der Waals surface area contributed by atoms with E-state index in [2.05, 4.69) is 15.3 Å². The van der Waals surface area contributed by atoms with Crippen molar-refractivity contribution in [3.8, 4) is 10.8 Å². The summed E-state index contributed by atoms with van der Waals surface area (Å²) in [5, 5.41) is 5.61. The Morgan fingerprint density at radius 1 is 1.23 bits per heavy atom. The van der Waals surface area contributed by atoms with Gasteiger partial charge in [0.25, 0.3) is 0 Å². The summed E-state index contributed by atoms with van der Waals surface area (Å²) in [6, 6.07) is 11.7. The molecule has 3 aromatic heterocycles. The lowest BCUT2D eigenvalue weighted by Crippen LogP contribution is -2.18. The second-order valence-electron chi connectivity index (χ2n) is 6.91. The number of fused-ring (bicyclic) bond motifs is 1. The van der Waals surface area contributed by atoms with Crippen LogP contribution in [0.5, 0.6) is 0 Å². The van der Waals surface area contributed by atoms with Crippen LogP contribution in [0.1, 0.15) is 24.8 Å². The van der Waals surface area contributed by atoms with Crippen molar-refractivity contribution >= 4 is 34.2 Å². The van der Waals surface area contributed by atoms with E-state index in [4.69, 9.17) is 9.15 Å². The van der Waals surface area contributed by atoms with Gasteiger partial charge < -0.3 is 13.7 Å². The standard InChI is InChI=1S/C22H24N4O3S/c1-3-28-12-6-11-26-18-8-5-4-7-17(18)24-22(26)25-20(27)13-16-14-30-21(23-16)19-10-9-15(2)29-19/h4-5,7-10,14H,3,6,11-13H2,1-2H3,(H,24,25,27). The maximum Gasteiger partial charge on any atom is 0.232 e. The number of carbonyl (C=O) groups excluding carboxylic acids is 1. The van der Waals surface area contributed by atoms with Crippen molar-refractivity contribution in [2.75, 3.05) is 18.5 Å². The van der Waals surface area contributed by atoms with E-state index in [1.807, 2.05) is 60.2 Å². The summed E-state index contributed by atoms with van der Waals surface area (Å²) in [5.74, 6) is 1.96. The minimum Gasteiger partial charge on any atom is -0.459 e. The largest absolute Gasteiger partial charge is 0.459 e. The van der Waals surface area contributed by atoms with Crippen LogP contribution < -0.4 is 5.32 Å². The van der Waals surface area contributed by atoms with Gasteiger partial charge in [0.1, 0.15) is 5.76 Å². The third-order valence-electron chi connectivity index (χ3n) is 4.62. The molecule has 4 aromatic rings. The zero-order valence-electron chi connectivity index (χ0n) is 17.1. The molecule has 0 spiro atoms. The molecule has 0 aliphatic rings. The lowest BCUT2D eigenvalue weighted by Gasteiger charge is -2.10. The van der Waals surface area contributed by atoms with Gasteiger partial charge in [0.2, 0.25) is 11.9 Å². The number of furan rings is 1. The number of aryl methyl sites for hydroxylation is 2. The molecule has 4 rings (SSSR count). The fraction of sp³-hybridized carbons (Fsp3) is 0.318. The number of aromatic nitrogens is 3. The molecular weight excluding hydrogens is 400 g/mol. The summed E-state index contributed by atoms with van der Waals surface area (Å²) in [7, 11) is 0. The second-order valence-corrected chi connectivity index (χ2v) is 7.76. The van der Waals surface area contributed by atoms with E-state index < -0.39 is 0 Å². The van der Waals surface area contributed by atoms with Crippen LogP contribution in [0.2, 0.25) is 0 Å². The molecule has 1 aromatic carbocycles. The molecular formula is C22H24N4O3S. The molecule has 0 saturated carbocycles. The molecule has 0 bridgehead atoms. The zero-order valence-corrected chi connectivity index (χ0v) is 17.9. The Bertz CT molecular complexity index is 1140. The average Bonchev–Trinajstić information content (AvgIpc) is 3.44. The van der Waals surface area contributed by atoms with Crippen LogP contribution in [-0.2, 0) is 22.5 Å². The number of nitrogens with zero attached hydrogens (tertiary/aromatic N) is 3. The lowest BCUT2D eigenvalue weighted by atomic mass is 10.3. The summed E-state index contributed by atoms with van der Waals surface area (Å²) >= 11 is 1.47. The SMILES string of the molecule is CCOCCCn1c(NC(=O)Cc2csc(-c3ccc(C)o3)n2)nc2ccccc21. The molecule has 0 saturated heterocycles. The van der Waals surface area contributed by atoms with E-state index in [0.29, 0.717) is 24.9 Å². The maximum absolute atomic E-state index is 12.7. The van der Waals surface area contributed by atoms with Crippen LogP contribution in [0.4, 0.5) is 5.95 Å². The molecule has 0 fully saturated rings. The predicted molar refractivity (Wildman–Crippen MR) is 118 cm³/mol. The smallest absolute Gasteiger partial charge is 0.232 e. The summed E-state index contributed by atoms with van der Waals surface area (Å²) in [5.41, 5.74) is 2.56. The van der Waals surface area contributed by atoms with Crippen LogP contribution in [0, 0.1) is 6.92 Å². The van der Waals surface area contributed by atoms with Crippen molar-refractivity contribution in [2.45, 2.75) is 33.2 Å². The Kier molecular flexibility index (Phi) is 6.25. The van der Waals surface area contributed by atoms with E-state index in [0.717, 1.165) is 40.5 Å². The van der Waals surface area contributed by atoms with Gasteiger partial charge in [-0.15, -0.1) is 11.3 Å². The minimum absolute atomic E-state index is 0.149. The average molecular weight is 425 g/mol. The van der Waals surface area contributed by atoms with Crippen molar-refractivity contribution in [1.82, 2.24) is 14.5 Å². The molecule has 1 amide bonds. The Balaban J connectivity index is 1.47. The van der Waals surface area contributed by atoms with Gasteiger partial charge in [-0.25, -0.2) is 9.97 Å². The van der Waals surface area contributed by atoms with E-state index in [9.17, 15) is 4.79 Å². The summed E-state index contributed by atoms with van der Waals surface area (Å²) < 4.78 is 13.1. The van der Waals surface area contributed by atoms with E-state index in [1.54, 1.807) is 0 Å². The molecule has 30 heavy (non-hydrogen) atoms. The van der Waals surface area contributed by atoms with Crippen LogP contribution >= 0.6 is 11.3 Å². The second kappa shape index (κ2) is 9.23. The van der Waals surface area contributed by atoms with Gasteiger partial charge in [-0.3, -0.25) is 10.1 Å². The Labute approximate surface area is 178 Å². The van der Waals surface area contributed by atoms with Crippen LogP contribution in [0.15, 0.2) is 46.2 Å². The highest BCUT2D eigenvalue weighted by atomic mass is 32.1. The normalized spacial score (nSPS) is 11.3. The Hall–Kier alpha value is -2.97. The van der Waals surface area contributed by atoms with Crippen molar-refractivity contribution in [1.29, 1.82) is 0 Å². The summed E-state index contributed by atoms with van der Waals surface area (Å²) in [6.07, 6.45) is 1.02. The zero-order chi connectivity index (χ0) is 20.9. The minimum atomic E-state index is -0.149. The topological polar surface area (TPSA) is 82.2 Å². The van der Waals surface area contributed by atoms with Crippen LogP contribution in [-0.4, -0.2) is 33.7 Å². The molecule has 3 heterocycles. The first-order valence-corrected chi connectivity index (χ1v) is 10.9. The third kappa shape index (κ3) is 4.60. The van der Waals surface area contributed by atoms with E-state index in [1.165, 1.54) is 11.3 Å². The molecule has 7 nitrogen and oxygen atoms in total. The van der Waals surface area contributed by atoms with E-state index >= 15 is 0 Å². The lowest BCUT2D eigenvalue weighted by molar-refractivity contribution is -0.115. The molecule has 8 heteroatoms. The first kappa shape index (κ1) is 20.3. The highest BCUT2D eigenvalue weighted by Crippen LogP contribution is 2.26. The molecule has 1 N–H and O–H groups in total. The molecule has 0 aliphatic heterocycles. The number of thiazole rings is 1. The fourth-order valence-electron chi connectivity index (χ4n) is 3.25. The van der Waals surface area contributed by atoms with Crippen molar-refractivity contribution in [3.05, 3.63) is 53.2 Å². The molecule has 0 aliphatic carbocycles. The maximum atomic E-state index is 12.7. The van der Waals surface area contributed by atoms with Gasteiger partial charge in [-0.05, 0) is 44.5 Å².